The Morgan fingerprint density at radius 2 is 1.91 bits per heavy atom. The van der Waals surface area contributed by atoms with Crippen LogP contribution in [0, 0.1) is 17.1 Å². The van der Waals surface area contributed by atoms with Crippen molar-refractivity contribution in [3.8, 4) is 6.07 Å². The van der Waals surface area contributed by atoms with Crippen molar-refractivity contribution in [2.24, 2.45) is 0 Å². The molecule has 0 radical (unpaired) electrons. The van der Waals surface area contributed by atoms with Crippen LogP contribution in [0.4, 0.5) is 10.1 Å². The molecule has 5 heteroatoms. The highest BCUT2D eigenvalue weighted by molar-refractivity contribution is 6.10. The fraction of sp³-hybridized carbons (Fsp3) is 0. The molecule has 23 heavy (non-hydrogen) atoms. The third kappa shape index (κ3) is 3.11. The van der Waals surface area contributed by atoms with Crippen LogP contribution in [0.15, 0.2) is 60.3 Å². The minimum absolute atomic E-state index is 0.0286. The van der Waals surface area contributed by atoms with Gasteiger partial charge in [-0.2, -0.15) is 5.26 Å². The predicted octanol–water partition coefficient (Wildman–Crippen LogP) is 3.85. The summed E-state index contributed by atoms with van der Waals surface area (Å²) in [6.45, 7) is 0. The van der Waals surface area contributed by atoms with Crippen LogP contribution in [0.1, 0.15) is 5.56 Å². The first-order chi connectivity index (χ1) is 11.2. The summed E-state index contributed by atoms with van der Waals surface area (Å²) < 4.78 is 12.9. The zero-order valence-corrected chi connectivity index (χ0v) is 12.0. The highest BCUT2D eigenvalue weighted by Crippen LogP contribution is 2.20. The molecule has 4 nitrogen and oxygen atoms in total. The molecule has 0 aliphatic rings. The number of aromatic amines is 1. The van der Waals surface area contributed by atoms with E-state index in [0.717, 1.165) is 16.5 Å². The fourth-order valence-corrected chi connectivity index (χ4v) is 2.25. The van der Waals surface area contributed by atoms with Crippen molar-refractivity contribution in [1.29, 1.82) is 5.26 Å². The van der Waals surface area contributed by atoms with Gasteiger partial charge in [-0.25, -0.2) is 4.39 Å². The summed E-state index contributed by atoms with van der Waals surface area (Å²) in [4.78, 5) is 15.3. The van der Waals surface area contributed by atoms with Crippen LogP contribution in [0.25, 0.3) is 17.0 Å². The van der Waals surface area contributed by atoms with Gasteiger partial charge in [0.25, 0.3) is 5.91 Å². The number of aromatic nitrogens is 1. The Morgan fingerprint density at radius 1 is 1.17 bits per heavy atom. The number of rotatable bonds is 3. The number of nitrogens with one attached hydrogen (secondary N) is 2. The first-order valence-corrected chi connectivity index (χ1v) is 6.92. The van der Waals surface area contributed by atoms with Gasteiger partial charge < -0.3 is 10.3 Å². The van der Waals surface area contributed by atoms with Gasteiger partial charge in [0, 0.05) is 28.4 Å². The lowest BCUT2D eigenvalue weighted by Gasteiger charge is -2.03. The zero-order valence-electron chi connectivity index (χ0n) is 12.0. The lowest BCUT2D eigenvalue weighted by atomic mass is 10.1. The quantitative estimate of drug-likeness (QED) is 0.570. The number of nitriles is 1. The number of amides is 1. The molecule has 3 aromatic rings. The highest BCUT2D eigenvalue weighted by atomic mass is 19.1. The van der Waals surface area contributed by atoms with E-state index in [2.05, 4.69) is 10.3 Å². The molecular formula is C18H12FN3O. The van der Waals surface area contributed by atoms with Gasteiger partial charge >= 0.3 is 0 Å². The molecule has 0 bridgehead atoms. The Morgan fingerprint density at radius 3 is 2.65 bits per heavy atom. The van der Waals surface area contributed by atoms with Gasteiger partial charge in [0.05, 0.1) is 0 Å². The average molecular weight is 305 g/mol. The molecule has 0 atom stereocenters. The van der Waals surface area contributed by atoms with Crippen LogP contribution >= 0.6 is 0 Å². The van der Waals surface area contributed by atoms with Gasteiger partial charge in [-0.05, 0) is 36.4 Å². The van der Waals surface area contributed by atoms with Crippen LogP contribution in [-0.4, -0.2) is 10.9 Å². The van der Waals surface area contributed by atoms with E-state index in [0.29, 0.717) is 5.69 Å². The number of fused-ring (bicyclic) bond motifs is 1. The molecule has 1 aromatic heterocycles. The number of hydrogen-bond donors (Lipinski definition) is 2. The minimum Gasteiger partial charge on any atom is -0.361 e. The molecule has 1 amide bonds. The lowest BCUT2D eigenvalue weighted by molar-refractivity contribution is -0.112. The number of hydrogen-bond acceptors (Lipinski definition) is 2. The topological polar surface area (TPSA) is 68.7 Å². The molecule has 2 aromatic carbocycles. The van der Waals surface area contributed by atoms with Crippen LogP contribution in [0.3, 0.4) is 0 Å². The average Bonchev–Trinajstić information content (AvgIpc) is 2.97. The van der Waals surface area contributed by atoms with E-state index >= 15 is 0 Å². The Kier molecular flexibility index (Phi) is 3.89. The van der Waals surface area contributed by atoms with Gasteiger partial charge in [-0.1, -0.05) is 18.2 Å². The first kappa shape index (κ1) is 14.5. The maximum absolute atomic E-state index is 12.9. The Balaban J connectivity index is 1.88. The molecule has 3 rings (SSSR count). The van der Waals surface area contributed by atoms with Crippen LogP contribution in [0.2, 0.25) is 0 Å². The first-order valence-electron chi connectivity index (χ1n) is 6.92. The van der Waals surface area contributed by atoms with Crippen molar-refractivity contribution in [3.63, 3.8) is 0 Å². The fourth-order valence-electron chi connectivity index (χ4n) is 2.25. The molecule has 0 aliphatic carbocycles. The molecule has 1 heterocycles. The van der Waals surface area contributed by atoms with E-state index in [1.165, 1.54) is 30.3 Å². The largest absolute Gasteiger partial charge is 0.361 e. The number of carbonyl (C=O) groups is 1. The van der Waals surface area contributed by atoms with Crippen molar-refractivity contribution in [2.45, 2.75) is 0 Å². The monoisotopic (exact) mass is 305 g/mol. The van der Waals surface area contributed by atoms with Gasteiger partial charge in [-0.3, -0.25) is 4.79 Å². The van der Waals surface area contributed by atoms with Crippen molar-refractivity contribution < 1.29 is 9.18 Å². The molecule has 0 saturated carbocycles. The van der Waals surface area contributed by atoms with Gasteiger partial charge in [0.15, 0.2) is 0 Å². The van der Waals surface area contributed by atoms with E-state index in [-0.39, 0.29) is 5.57 Å². The number of anilines is 1. The normalized spacial score (nSPS) is 11.2. The second-order valence-corrected chi connectivity index (χ2v) is 4.92. The summed E-state index contributed by atoms with van der Waals surface area (Å²) in [7, 11) is 0. The molecule has 2 N–H and O–H groups in total. The van der Waals surface area contributed by atoms with E-state index in [4.69, 9.17) is 0 Å². The van der Waals surface area contributed by atoms with Crippen molar-refractivity contribution in [3.05, 3.63) is 71.7 Å². The summed E-state index contributed by atoms with van der Waals surface area (Å²) in [6, 6.07) is 14.9. The second kappa shape index (κ2) is 6.16. The number of halogens is 1. The SMILES string of the molecule is N#C/C(=C\c1c[nH]c2ccccc12)C(=O)Nc1ccc(F)cc1. The summed E-state index contributed by atoms with van der Waals surface area (Å²) in [5, 5.41) is 12.7. The molecule has 0 unspecified atom stereocenters. The zero-order chi connectivity index (χ0) is 16.2. The maximum Gasteiger partial charge on any atom is 0.266 e. The minimum atomic E-state index is -0.538. The summed E-state index contributed by atoms with van der Waals surface area (Å²) in [5.41, 5.74) is 2.08. The van der Waals surface area contributed by atoms with E-state index in [1.807, 2.05) is 30.3 Å². The van der Waals surface area contributed by atoms with E-state index in [9.17, 15) is 14.4 Å². The predicted molar refractivity (Wildman–Crippen MR) is 86.9 cm³/mol. The summed E-state index contributed by atoms with van der Waals surface area (Å²) in [6.07, 6.45) is 3.27. The number of para-hydroxylation sites is 1. The van der Waals surface area contributed by atoms with Gasteiger partial charge in [-0.15, -0.1) is 0 Å². The third-order valence-corrected chi connectivity index (χ3v) is 3.39. The molecule has 0 fully saturated rings. The molecular weight excluding hydrogens is 293 g/mol. The molecule has 112 valence electrons. The number of nitrogens with zero attached hydrogens (tertiary/aromatic N) is 1. The van der Waals surface area contributed by atoms with E-state index in [1.54, 1.807) is 6.20 Å². The molecule has 0 aliphatic heterocycles. The number of H-pyrrole nitrogens is 1. The summed E-state index contributed by atoms with van der Waals surface area (Å²) in [5.74, 6) is -0.928. The smallest absolute Gasteiger partial charge is 0.266 e. The molecule has 0 saturated heterocycles. The summed E-state index contributed by atoms with van der Waals surface area (Å²) >= 11 is 0. The maximum atomic E-state index is 12.9. The standard InChI is InChI=1S/C18H12FN3O/c19-14-5-7-15(8-6-14)22-18(23)12(10-20)9-13-11-21-17-4-2-1-3-16(13)17/h1-9,11,21H,(H,22,23)/b12-9+. The van der Waals surface area contributed by atoms with Crippen LogP contribution in [-0.2, 0) is 4.79 Å². The Bertz CT molecular complexity index is 933. The van der Waals surface area contributed by atoms with E-state index < -0.39 is 11.7 Å². The third-order valence-electron chi connectivity index (χ3n) is 3.39. The van der Waals surface area contributed by atoms with Gasteiger partial charge in [0.2, 0.25) is 0 Å². The van der Waals surface area contributed by atoms with Crippen molar-refractivity contribution in [2.75, 3.05) is 5.32 Å². The highest BCUT2D eigenvalue weighted by Gasteiger charge is 2.11. The number of benzene rings is 2. The Labute approximate surface area is 131 Å². The number of carbonyl (C=O) groups excluding carboxylic acids is 1. The van der Waals surface area contributed by atoms with Crippen molar-refractivity contribution in [1.82, 2.24) is 4.98 Å². The van der Waals surface area contributed by atoms with Gasteiger partial charge in [0.1, 0.15) is 17.5 Å². The van der Waals surface area contributed by atoms with Crippen molar-refractivity contribution >= 4 is 28.6 Å². The molecule has 0 spiro atoms. The van der Waals surface area contributed by atoms with Crippen LogP contribution < -0.4 is 5.32 Å². The van der Waals surface area contributed by atoms with Crippen LogP contribution in [0.5, 0.6) is 0 Å². The Hall–Kier alpha value is -3.39. The second-order valence-electron chi connectivity index (χ2n) is 4.92. The lowest BCUT2D eigenvalue weighted by Crippen LogP contribution is -2.13.